The molecule has 34 heavy (non-hydrogen) atoms. The minimum Gasteiger partial charge on any atom is -0.470 e. The maximum atomic E-state index is 11.8. The average molecular weight is 462 g/mol. The van der Waals surface area contributed by atoms with Gasteiger partial charge in [-0.1, -0.05) is 20.8 Å². The van der Waals surface area contributed by atoms with Crippen molar-refractivity contribution >= 4 is 17.3 Å². The minimum absolute atomic E-state index is 0.294. The Kier molecular flexibility index (Phi) is 5.22. The summed E-state index contributed by atoms with van der Waals surface area (Å²) < 4.78 is 10.0. The molecule has 1 N–H and O–H groups in total. The fourth-order valence-electron chi connectivity index (χ4n) is 4.78. The second-order valence-corrected chi connectivity index (χ2v) is 9.57. The van der Waals surface area contributed by atoms with E-state index in [-0.39, 0.29) is 17.6 Å². The SMILES string of the molecule is Cn1c(-c2ccc(-n3cccn3)cc2)nc2c(OC3CCN(C(=O)O)C3C(C)(C)C)ncnc21. The van der Waals surface area contributed by atoms with Crippen molar-refractivity contribution in [1.82, 2.24) is 34.2 Å². The average Bonchev–Trinajstić information content (AvgIpc) is 3.53. The molecular weight excluding hydrogens is 434 g/mol. The van der Waals surface area contributed by atoms with Gasteiger partial charge in [0, 0.05) is 38.0 Å². The van der Waals surface area contributed by atoms with Gasteiger partial charge in [0.25, 0.3) is 0 Å². The van der Waals surface area contributed by atoms with Gasteiger partial charge in [0.2, 0.25) is 5.88 Å². The van der Waals surface area contributed by atoms with Crippen LogP contribution in [-0.4, -0.2) is 64.1 Å². The first-order valence-electron chi connectivity index (χ1n) is 11.2. The van der Waals surface area contributed by atoms with Crippen molar-refractivity contribution in [3.8, 4) is 23.0 Å². The van der Waals surface area contributed by atoms with Gasteiger partial charge in [-0.15, -0.1) is 0 Å². The largest absolute Gasteiger partial charge is 0.470 e. The monoisotopic (exact) mass is 461 g/mol. The first-order valence-corrected chi connectivity index (χ1v) is 11.2. The number of amides is 1. The second-order valence-electron chi connectivity index (χ2n) is 9.57. The van der Waals surface area contributed by atoms with Crippen LogP contribution in [-0.2, 0) is 7.05 Å². The van der Waals surface area contributed by atoms with Gasteiger partial charge in [-0.05, 0) is 35.7 Å². The fourth-order valence-corrected chi connectivity index (χ4v) is 4.78. The molecule has 0 spiro atoms. The fraction of sp³-hybridized carbons (Fsp3) is 0.375. The van der Waals surface area contributed by atoms with Crippen LogP contribution in [0.15, 0.2) is 49.1 Å². The molecule has 4 heterocycles. The van der Waals surface area contributed by atoms with E-state index in [0.29, 0.717) is 30.0 Å². The van der Waals surface area contributed by atoms with E-state index < -0.39 is 6.09 Å². The lowest BCUT2D eigenvalue weighted by atomic mass is 9.84. The quantitative estimate of drug-likeness (QED) is 0.492. The number of rotatable bonds is 4. The summed E-state index contributed by atoms with van der Waals surface area (Å²) in [4.78, 5) is 26.9. The number of likely N-dealkylation sites (tertiary alicyclic amines) is 1. The first kappa shape index (κ1) is 21.9. The zero-order valence-electron chi connectivity index (χ0n) is 19.6. The van der Waals surface area contributed by atoms with Crippen LogP contribution < -0.4 is 4.74 Å². The third-order valence-electron chi connectivity index (χ3n) is 6.26. The van der Waals surface area contributed by atoms with Gasteiger partial charge in [-0.3, -0.25) is 0 Å². The molecule has 5 rings (SSSR count). The van der Waals surface area contributed by atoms with E-state index in [9.17, 15) is 9.90 Å². The Balaban J connectivity index is 1.48. The van der Waals surface area contributed by atoms with Crippen LogP contribution in [0.25, 0.3) is 28.2 Å². The van der Waals surface area contributed by atoms with Crippen LogP contribution in [0, 0.1) is 5.41 Å². The minimum atomic E-state index is -0.933. The van der Waals surface area contributed by atoms with Crippen molar-refractivity contribution in [1.29, 1.82) is 0 Å². The number of carboxylic acid groups (broad SMARTS) is 1. The van der Waals surface area contributed by atoms with Gasteiger partial charge < -0.3 is 19.3 Å². The van der Waals surface area contributed by atoms with Crippen LogP contribution in [0.3, 0.4) is 0 Å². The van der Waals surface area contributed by atoms with Crippen molar-refractivity contribution in [2.45, 2.75) is 39.3 Å². The highest BCUT2D eigenvalue weighted by molar-refractivity contribution is 5.81. The third kappa shape index (κ3) is 3.74. The molecule has 1 saturated heterocycles. The Morgan fingerprint density at radius 1 is 1.18 bits per heavy atom. The summed E-state index contributed by atoms with van der Waals surface area (Å²) in [6.07, 6.45) is 4.42. The molecule has 1 aromatic carbocycles. The van der Waals surface area contributed by atoms with Gasteiger partial charge in [0.05, 0.1) is 11.7 Å². The summed E-state index contributed by atoms with van der Waals surface area (Å²) in [5, 5.41) is 13.9. The molecule has 10 nitrogen and oxygen atoms in total. The number of hydrogen-bond acceptors (Lipinski definition) is 6. The third-order valence-corrected chi connectivity index (χ3v) is 6.26. The summed E-state index contributed by atoms with van der Waals surface area (Å²) in [6, 6.07) is 9.53. The van der Waals surface area contributed by atoms with E-state index in [1.54, 1.807) is 10.9 Å². The number of hydrogen-bond donors (Lipinski definition) is 1. The van der Waals surface area contributed by atoms with Crippen LogP contribution >= 0.6 is 0 Å². The number of ether oxygens (including phenoxy) is 1. The molecule has 0 radical (unpaired) electrons. The summed E-state index contributed by atoms with van der Waals surface area (Å²) in [7, 11) is 1.91. The van der Waals surface area contributed by atoms with E-state index >= 15 is 0 Å². The Labute approximate surface area is 196 Å². The molecule has 1 fully saturated rings. The van der Waals surface area contributed by atoms with Crippen molar-refractivity contribution in [3.05, 3.63) is 49.1 Å². The number of nitrogens with zero attached hydrogens (tertiary/aromatic N) is 7. The zero-order chi connectivity index (χ0) is 24.0. The van der Waals surface area contributed by atoms with Crippen molar-refractivity contribution < 1.29 is 14.6 Å². The van der Waals surface area contributed by atoms with E-state index in [2.05, 4.69) is 15.1 Å². The summed E-state index contributed by atoms with van der Waals surface area (Å²) in [6.45, 7) is 6.50. The standard InChI is InChI=1S/C24H27N7O3/c1-24(2,3)19-17(10-13-30(19)23(32)33)34-22-18-21(25-14-26-22)29(4)20(28-18)15-6-8-16(9-7-15)31-12-5-11-27-31/h5-9,11-12,14,17,19H,10,13H2,1-4H3,(H,32,33). The molecule has 1 aliphatic heterocycles. The number of imidazole rings is 1. The molecular formula is C24H27N7O3. The highest BCUT2D eigenvalue weighted by atomic mass is 16.5. The van der Waals surface area contributed by atoms with Gasteiger partial charge in [0.1, 0.15) is 18.3 Å². The van der Waals surface area contributed by atoms with E-state index in [1.165, 1.54) is 11.2 Å². The van der Waals surface area contributed by atoms with E-state index in [0.717, 1.165) is 17.1 Å². The number of aromatic nitrogens is 6. The lowest BCUT2D eigenvalue weighted by Crippen LogP contribution is -2.48. The predicted octanol–water partition coefficient (Wildman–Crippen LogP) is 3.76. The molecule has 0 saturated carbocycles. The van der Waals surface area contributed by atoms with Crippen LogP contribution in [0.4, 0.5) is 4.79 Å². The summed E-state index contributed by atoms with van der Waals surface area (Å²) in [5.74, 6) is 1.10. The molecule has 1 amide bonds. The van der Waals surface area contributed by atoms with E-state index in [1.807, 2.05) is 68.9 Å². The lowest BCUT2D eigenvalue weighted by Gasteiger charge is -2.36. The van der Waals surface area contributed by atoms with Gasteiger partial charge in [-0.2, -0.15) is 10.1 Å². The van der Waals surface area contributed by atoms with Crippen LogP contribution in [0.1, 0.15) is 27.2 Å². The number of aryl methyl sites for hydroxylation is 1. The van der Waals surface area contributed by atoms with E-state index in [4.69, 9.17) is 9.72 Å². The molecule has 10 heteroatoms. The molecule has 0 bridgehead atoms. The van der Waals surface area contributed by atoms with Crippen LogP contribution in [0.5, 0.6) is 5.88 Å². The molecule has 2 unspecified atom stereocenters. The zero-order valence-corrected chi connectivity index (χ0v) is 19.6. The normalized spacial score (nSPS) is 18.5. The topological polar surface area (TPSA) is 111 Å². The maximum Gasteiger partial charge on any atom is 0.407 e. The number of carbonyl (C=O) groups is 1. The Hall–Kier alpha value is -3.95. The predicted molar refractivity (Wildman–Crippen MR) is 126 cm³/mol. The molecule has 1 aliphatic rings. The molecule has 176 valence electrons. The Morgan fingerprint density at radius 3 is 2.59 bits per heavy atom. The van der Waals surface area contributed by atoms with Gasteiger partial charge in [0.15, 0.2) is 11.2 Å². The Bertz CT molecular complexity index is 1320. The highest BCUT2D eigenvalue weighted by Gasteiger charge is 2.45. The van der Waals surface area contributed by atoms with Gasteiger partial charge in [-0.25, -0.2) is 19.4 Å². The van der Waals surface area contributed by atoms with Crippen molar-refractivity contribution in [2.75, 3.05) is 6.54 Å². The maximum absolute atomic E-state index is 11.8. The number of fused-ring (bicyclic) bond motifs is 1. The first-order chi connectivity index (χ1) is 16.2. The molecule has 3 aromatic heterocycles. The smallest absolute Gasteiger partial charge is 0.407 e. The van der Waals surface area contributed by atoms with Crippen molar-refractivity contribution in [3.63, 3.8) is 0 Å². The van der Waals surface area contributed by atoms with Gasteiger partial charge >= 0.3 is 6.09 Å². The van der Waals surface area contributed by atoms with Crippen molar-refractivity contribution in [2.24, 2.45) is 12.5 Å². The molecule has 0 aliphatic carbocycles. The molecule has 4 aromatic rings. The second kappa shape index (κ2) is 8.12. The highest BCUT2D eigenvalue weighted by Crippen LogP contribution is 2.36. The lowest BCUT2D eigenvalue weighted by molar-refractivity contribution is 0.0558. The molecule has 2 atom stereocenters. The number of benzene rings is 1. The van der Waals surface area contributed by atoms with Crippen LogP contribution in [0.2, 0.25) is 0 Å². The summed E-state index contributed by atoms with van der Waals surface area (Å²) in [5.41, 5.74) is 2.79. The Morgan fingerprint density at radius 2 is 1.94 bits per heavy atom. The summed E-state index contributed by atoms with van der Waals surface area (Å²) >= 11 is 0.